The number of nitrogens with one attached hydrogen (secondary N) is 1. The first-order valence-electron chi connectivity index (χ1n) is 8.80. The highest BCUT2D eigenvalue weighted by atomic mass is 16.5. The van der Waals surface area contributed by atoms with Crippen LogP contribution in [0.15, 0.2) is 36.4 Å². The lowest BCUT2D eigenvalue weighted by Gasteiger charge is -2.37. The molecule has 4 rings (SSSR count). The van der Waals surface area contributed by atoms with Crippen molar-refractivity contribution in [3.8, 4) is 0 Å². The van der Waals surface area contributed by atoms with E-state index < -0.39 is 11.9 Å². The smallest absolute Gasteiger partial charge is 0.320 e. The zero-order valence-corrected chi connectivity index (χ0v) is 14.1. The highest BCUT2D eigenvalue weighted by molar-refractivity contribution is 6.06. The molecule has 1 N–H and O–H groups in total. The second kappa shape index (κ2) is 6.35. The van der Waals surface area contributed by atoms with Crippen LogP contribution in [0.25, 0.3) is 11.0 Å². The number of carbonyl (C=O) groups is 2. The molecule has 0 bridgehead atoms. The van der Waals surface area contributed by atoms with E-state index in [1.165, 1.54) is 0 Å². The summed E-state index contributed by atoms with van der Waals surface area (Å²) in [5.74, 6) is -0.904. The molecule has 3 atom stereocenters. The molecular formula is C19H21N3O3. The van der Waals surface area contributed by atoms with Gasteiger partial charge in [0.15, 0.2) is 5.92 Å². The Kier molecular flexibility index (Phi) is 4.03. The minimum absolute atomic E-state index is 0.196. The van der Waals surface area contributed by atoms with E-state index in [4.69, 9.17) is 4.74 Å². The predicted molar refractivity (Wildman–Crippen MR) is 94.0 cm³/mol. The highest BCUT2D eigenvalue weighted by Crippen LogP contribution is 2.42. The van der Waals surface area contributed by atoms with Gasteiger partial charge in [0.05, 0.1) is 23.7 Å². The lowest BCUT2D eigenvalue weighted by Crippen LogP contribution is -2.45. The van der Waals surface area contributed by atoms with Crippen LogP contribution in [0.2, 0.25) is 0 Å². The van der Waals surface area contributed by atoms with Crippen molar-refractivity contribution in [3.05, 3.63) is 36.4 Å². The first-order valence-corrected chi connectivity index (χ1v) is 8.80. The van der Waals surface area contributed by atoms with Gasteiger partial charge >= 0.3 is 5.97 Å². The van der Waals surface area contributed by atoms with Gasteiger partial charge in [0, 0.05) is 0 Å². The number of allylic oxidation sites excluding steroid dienone is 2. The first kappa shape index (κ1) is 15.9. The van der Waals surface area contributed by atoms with Gasteiger partial charge in [0.1, 0.15) is 0 Å². The Morgan fingerprint density at radius 3 is 2.96 bits per heavy atom. The lowest BCUT2D eigenvalue weighted by molar-refractivity contribution is -0.154. The molecular weight excluding hydrogens is 318 g/mol. The molecule has 1 amide bonds. The van der Waals surface area contributed by atoms with E-state index in [-0.39, 0.29) is 24.5 Å². The molecule has 1 aliphatic heterocycles. The monoisotopic (exact) mass is 339 g/mol. The average molecular weight is 339 g/mol. The number of benzene rings is 1. The fourth-order valence-electron chi connectivity index (χ4n) is 4.02. The number of hydrogen-bond acceptors (Lipinski definition) is 4. The summed E-state index contributed by atoms with van der Waals surface area (Å²) in [6.07, 6.45) is 7.05. The predicted octanol–water partition coefficient (Wildman–Crippen LogP) is 3.07. The number of ether oxygens (including phenoxy) is 1. The van der Waals surface area contributed by atoms with Gasteiger partial charge < -0.3 is 9.30 Å². The van der Waals surface area contributed by atoms with Crippen molar-refractivity contribution in [2.24, 2.45) is 11.8 Å². The van der Waals surface area contributed by atoms with Crippen molar-refractivity contribution >= 4 is 28.9 Å². The van der Waals surface area contributed by atoms with Crippen molar-refractivity contribution in [2.75, 3.05) is 11.9 Å². The van der Waals surface area contributed by atoms with Crippen molar-refractivity contribution in [3.63, 3.8) is 0 Å². The van der Waals surface area contributed by atoms with E-state index in [0.717, 1.165) is 30.3 Å². The number of esters is 1. The maximum Gasteiger partial charge on any atom is 0.320 e. The van der Waals surface area contributed by atoms with E-state index in [2.05, 4.69) is 22.5 Å². The molecule has 0 radical (unpaired) electrons. The van der Waals surface area contributed by atoms with Gasteiger partial charge in [0.2, 0.25) is 11.9 Å². The molecule has 6 nitrogen and oxygen atoms in total. The number of fused-ring (bicyclic) bond motifs is 3. The van der Waals surface area contributed by atoms with E-state index in [9.17, 15) is 9.59 Å². The van der Waals surface area contributed by atoms with E-state index in [0.29, 0.717) is 5.95 Å². The van der Waals surface area contributed by atoms with Gasteiger partial charge in [-0.3, -0.25) is 14.9 Å². The minimum Gasteiger partial charge on any atom is -0.465 e. The number of imidazole rings is 1. The normalized spacial score (nSPS) is 25.5. The van der Waals surface area contributed by atoms with Crippen LogP contribution < -0.4 is 5.32 Å². The maximum atomic E-state index is 12.7. The summed E-state index contributed by atoms with van der Waals surface area (Å²) >= 11 is 0. The number of nitrogens with zero attached hydrogens (tertiary/aromatic N) is 2. The summed E-state index contributed by atoms with van der Waals surface area (Å²) in [7, 11) is 0. The Hall–Kier alpha value is -2.63. The largest absolute Gasteiger partial charge is 0.465 e. The number of carbonyl (C=O) groups excluding carboxylic acids is 2. The molecule has 0 saturated carbocycles. The Bertz CT molecular complexity index is 855. The van der Waals surface area contributed by atoms with Crippen molar-refractivity contribution in [2.45, 2.75) is 32.2 Å². The van der Waals surface area contributed by atoms with Gasteiger partial charge in [-0.2, -0.15) is 0 Å². The molecule has 0 fully saturated rings. The zero-order valence-electron chi connectivity index (χ0n) is 14.1. The lowest BCUT2D eigenvalue weighted by atomic mass is 9.79. The molecule has 2 aromatic rings. The molecule has 1 aromatic heterocycles. The number of para-hydroxylation sites is 2. The minimum atomic E-state index is -0.846. The fourth-order valence-corrected chi connectivity index (χ4v) is 4.02. The number of hydrogen-bond donors (Lipinski definition) is 1. The van der Waals surface area contributed by atoms with Crippen molar-refractivity contribution in [1.29, 1.82) is 0 Å². The quantitative estimate of drug-likeness (QED) is 0.530. The van der Waals surface area contributed by atoms with E-state index >= 15 is 0 Å². The molecule has 2 aliphatic rings. The van der Waals surface area contributed by atoms with Crippen LogP contribution in [0.5, 0.6) is 0 Å². The Balaban J connectivity index is 1.87. The molecule has 1 aromatic carbocycles. The number of anilines is 1. The second-order valence-corrected chi connectivity index (χ2v) is 6.55. The fraction of sp³-hybridized carbons (Fsp3) is 0.421. The molecule has 3 unspecified atom stereocenters. The van der Waals surface area contributed by atoms with Crippen molar-refractivity contribution in [1.82, 2.24) is 9.55 Å². The molecule has 25 heavy (non-hydrogen) atoms. The molecule has 0 spiro atoms. The molecule has 0 saturated heterocycles. The summed E-state index contributed by atoms with van der Waals surface area (Å²) in [5.41, 5.74) is 1.75. The third kappa shape index (κ3) is 2.62. The maximum absolute atomic E-state index is 12.7. The number of rotatable bonds is 3. The topological polar surface area (TPSA) is 73.2 Å². The number of amides is 1. The van der Waals surface area contributed by atoms with Gasteiger partial charge in [-0.1, -0.05) is 24.3 Å². The standard InChI is InChI=1S/C19H21N3O3/c1-2-25-18(24)15-16(12-8-4-3-5-9-12)22-14-11-7-6-10-13(14)20-19(22)21-17(15)23/h3-4,6-7,10-12,15-16H,2,5,8-9H2,1H3,(H,20,21,23). The molecule has 6 heteroatoms. The summed E-state index contributed by atoms with van der Waals surface area (Å²) in [5, 5.41) is 2.80. The van der Waals surface area contributed by atoms with Crippen LogP contribution in [0.3, 0.4) is 0 Å². The van der Waals surface area contributed by atoms with Crippen LogP contribution in [0.1, 0.15) is 32.2 Å². The molecule has 2 heterocycles. The second-order valence-electron chi connectivity index (χ2n) is 6.55. The van der Waals surface area contributed by atoms with E-state index in [1.54, 1.807) is 6.92 Å². The van der Waals surface area contributed by atoms with Crippen LogP contribution in [-0.4, -0.2) is 28.0 Å². The third-order valence-electron chi connectivity index (χ3n) is 5.09. The van der Waals surface area contributed by atoms with Crippen molar-refractivity contribution < 1.29 is 14.3 Å². The van der Waals surface area contributed by atoms with Gasteiger partial charge in [-0.25, -0.2) is 4.98 Å². The third-order valence-corrected chi connectivity index (χ3v) is 5.09. The SMILES string of the molecule is CCOC(=O)C1C(=O)Nc2nc3ccccc3n2C1C1CC=CCC1. The average Bonchev–Trinajstić information content (AvgIpc) is 2.99. The summed E-state index contributed by atoms with van der Waals surface area (Å²) in [6, 6.07) is 7.50. The van der Waals surface area contributed by atoms with Gasteiger partial charge in [-0.05, 0) is 44.2 Å². The Labute approximate surface area is 145 Å². The molecule has 1 aliphatic carbocycles. The summed E-state index contributed by atoms with van der Waals surface area (Å²) < 4.78 is 7.25. The summed E-state index contributed by atoms with van der Waals surface area (Å²) in [4.78, 5) is 29.9. The number of aromatic nitrogens is 2. The van der Waals surface area contributed by atoms with Crippen LogP contribution in [0.4, 0.5) is 5.95 Å². The van der Waals surface area contributed by atoms with E-state index in [1.807, 2.05) is 28.8 Å². The van der Waals surface area contributed by atoms with Gasteiger partial charge in [0.25, 0.3) is 0 Å². The zero-order chi connectivity index (χ0) is 17.4. The Morgan fingerprint density at radius 1 is 1.36 bits per heavy atom. The van der Waals surface area contributed by atoms with Crippen LogP contribution >= 0.6 is 0 Å². The highest BCUT2D eigenvalue weighted by Gasteiger charge is 2.46. The van der Waals surface area contributed by atoms with Crippen LogP contribution in [0, 0.1) is 11.8 Å². The summed E-state index contributed by atoms with van der Waals surface area (Å²) in [6.45, 7) is 2.02. The first-order chi connectivity index (χ1) is 12.2. The Morgan fingerprint density at radius 2 is 2.20 bits per heavy atom. The van der Waals surface area contributed by atoms with Gasteiger partial charge in [-0.15, -0.1) is 0 Å². The molecule has 130 valence electrons. The van der Waals surface area contributed by atoms with Crippen LogP contribution in [-0.2, 0) is 14.3 Å².